The zero-order valence-corrected chi connectivity index (χ0v) is 9.53. The highest BCUT2D eigenvalue weighted by Gasteiger charge is 2.14. The number of aliphatic carboxylic acids is 1. The summed E-state index contributed by atoms with van der Waals surface area (Å²) in [5, 5.41) is 16.6. The molecule has 0 aliphatic rings. The van der Waals surface area contributed by atoms with Crippen LogP contribution in [0.5, 0.6) is 0 Å². The topological polar surface area (TPSA) is 107 Å². The number of thiazole rings is 1. The van der Waals surface area contributed by atoms with Gasteiger partial charge in [0.05, 0.1) is 16.1 Å². The van der Waals surface area contributed by atoms with Crippen LogP contribution in [0, 0.1) is 0 Å². The first kappa shape index (κ1) is 10.9. The highest BCUT2D eigenvalue weighted by atomic mass is 32.2. The summed E-state index contributed by atoms with van der Waals surface area (Å²) in [5.41, 5.74) is 1.66. The third-order valence-electron chi connectivity index (χ3n) is 1.64. The van der Waals surface area contributed by atoms with Crippen LogP contribution in [0.25, 0.3) is 10.7 Å². The second-order valence-corrected chi connectivity index (χ2v) is 4.55. The summed E-state index contributed by atoms with van der Waals surface area (Å²) >= 11 is 2.41. The van der Waals surface area contributed by atoms with Gasteiger partial charge in [0.25, 0.3) is 0 Å². The Hall–Kier alpha value is -1.61. The lowest BCUT2D eigenvalue weighted by atomic mass is 10.5. The van der Waals surface area contributed by atoms with Gasteiger partial charge in [-0.05, 0) is 0 Å². The van der Waals surface area contributed by atoms with Crippen LogP contribution < -0.4 is 5.84 Å². The number of nitrogen functional groups attached to an aromatic ring is 1. The van der Waals surface area contributed by atoms with E-state index in [0.29, 0.717) is 11.0 Å². The molecule has 2 rings (SSSR count). The quantitative estimate of drug-likeness (QED) is 0.598. The van der Waals surface area contributed by atoms with Gasteiger partial charge < -0.3 is 10.9 Å². The van der Waals surface area contributed by atoms with Crippen LogP contribution in [0.4, 0.5) is 0 Å². The molecule has 16 heavy (non-hydrogen) atoms. The predicted octanol–water partition coefficient (Wildman–Crippen LogP) is 0.292. The van der Waals surface area contributed by atoms with Gasteiger partial charge in [0, 0.05) is 6.20 Å². The van der Waals surface area contributed by atoms with Gasteiger partial charge in [0.15, 0.2) is 5.82 Å². The molecule has 0 unspecified atom stereocenters. The Labute approximate surface area is 98.3 Å². The number of nitrogens with zero attached hydrogens (tertiary/aromatic N) is 4. The molecule has 0 fully saturated rings. The van der Waals surface area contributed by atoms with E-state index in [9.17, 15) is 4.79 Å². The van der Waals surface area contributed by atoms with Gasteiger partial charge in [-0.2, -0.15) is 0 Å². The monoisotopic (exact) mass is 257 g/mol. The molecule has 0 saturated heterocycles. The summed E-state index contributed by atoms with van der Waals surface area (Å²) in [6, 6.07) is 0. The number of hydrogen-bond acceptors (Lipinski definition) is 7. The molecule has 0 aliphatic carbocycles. The molecule has 0 spiro atoms. The molecule has 2 aromatic heterocycles. The Morgan fingerprint density at radius 2 is 2.44 bits per heavy atom. The number of thioether (sulfide) groups is 1. The van der Waals surface area contributed by atoms with Gasteiger partial charge in [0.2, 0.25) is 5.16 Å². The number of nitrogens with two attached hydrogens (primary N) is 1. The van der Waals surface area contributed by atoms with Crippen molar-refractivity contribution in [3.05, 3.63) is 11.7 Å². The summed E-state index contributed by atoms with van der Waals surface area (Å²) < 4.78 is 1.26. The third kappa shape index (κ3) is 2.14. The minimum absolute atomic E-state index is 0.0992. The molecular formula is C7H7N5O2S2. The van der Waals surface area contributed by atoms with Crippen LogP contribution in [0.3, 0.4) is 0 Å². The van der Waals surface area contributed by atoms with Crippen molar-refractivity contribution in [2.24, 2.45) is 0 Å². The van der Waals surface area contributed by atoms with Gasteiger partial charge in [-0.25, -0.2) is 4.68 Å². The lowest BCUT2D eigenvalue weighted by Gasteiger charge is -1.99. The molecule has 0 bridgehead atoms. The fourth-order valence-electron chi connectivity index (χ4n) is 0.996. The van der Waals surface area contributed by atoms with E-state index in [-0.39, 0.29) is 5.75 Å². The summed E-state index contributed by atoms with van der Waals surface area (Å²) in [7, 11) is 0. The third-order valence-corrected chi connectivity index (χ3v) is 3.34. The maximum Gasteiger partial charge on any atom is 0.313 e. The van der Waals surface area contributed by atoms with E-state index in [4.69, 9.17) is 10.9 Å². The van der Waals surface area contributed by atoms with Crippen molar-refractivity contribution < 1.29 is 9.90 Å². The van der Waals surface area contributed by atoms with Gasteiger partial charge in [-0.1, -0.05) is 11.8 Å². The molecule has 0 aromatic carbocycles. The van der Waals surface area contributed by atoms with E-state index in [2.05, 4.69) is 15.2 Å². The standard InChI is InChI=1S/C7H7N5O2S2/c8-12-6(4-1-9-3-16-4)10-11-7(12)15-2-5(13)14/h1,3H,2,8H2,(H,13,14). The maximum atomic E-state index is 10.4. The van der Waals surface area contributed by atoms with Crippen LogP contribution in [0.15, 0.2) is 16.9 Å². The molecule has 0 radical (unpaired) electrons. The van der Waals surface area contributed by atoms with Crippen molar-refractivity contribution in [2.45, 2.75) is 5.16 Å². The molecule has 3 N–H and O–H groups in total. The number of hydrogen-bond donors (Lipinski definition) is 2. The molecule has 9 heteroatoms. The zero-order chi connectivity index (χ0) is 11.5. The van der Waals surface area contributed by atoms with Crippen molar-refractivity contribution in [1.82, 2.24) is 19.9 Å². The van der Waals surface area contributed by atoms with E-state index in [1.165, 1.54) is 16.0 Å². The second-order valence-electron chi connectivity index (χ2n) is 2.72. The van der Waals surface area contributed by atoms with Gasteiger partial charge in [-0.15, -0.1) is 21.5 Å². The fourth-order valence-corrected chi connectivity index (χ4v) is 2.17. The number of rotatable bonds is 4. The first-order valence-electron chi connectivity index (χ1n) is 4.12. The van der Waals surface area contributed by atoms with Gasteiger partial charge in [0.1, 0.15) is 0 Å². The molecule has 2 heterocycles. The first-order valence-corrected chi connectivity index (χ1v) is 5.99. The molecule has 84 valence electrons. The van der Waals surface area contributed by atoms with Gasteiger partial charge in [-0.3, -0.25) is 9.78 Å². The summed E-state index contributed by atoms with van der Waals surface area (Å²) in [6.45, 7) is 0. The van der Waals surface area contributed by atoms with Crippen molar-refractivity contribution >= 4 is 29.1 Å². The van der Waals surface area contributed by atoms with Crippen LogP contribution in [-0.4, -0.2) is 36.7 Å². The Morgan fingerprint density at radius 1 is 1.62 bits per heavy atom. The average molecular weight is 257 g/mol. The van der Waals surface area contributed by atoms with Gasteiger partial charge >= 0.3 is 5.97 Å². The average Bonchev–Trinajstić information content (AvgIpc) is 2.84. The van der Waals surface area contributed by atoms with E-state index in [1.807, 2.05) is 0 Å². The highest BCUT2D eigenvalue weighted by molar-refractivity contribution is 7.99. The van der Waals surface area contributed by atoms with E-state index in [1.54, 1.807) is 11.7 Å². The SMILES string of the molecule is Nn1c(SCC(=O)O)nnc1-c1cncs1. The van der Waals surface area contributed by atoms with Crippen LogP contribution in [0.1, 0.15) is 0 Å². The molecule has 2 aromatic rings. The molecule has 0 aliphatic heterocycles. The smallest absolute Gasteiger partial charge is 0.313 e. The van der Waals surface area contributed by atoms with E-state index < -0.39 is 5.97 Å². The minimum atomic E-state index is -0.924. The zero-order valence-electron chi connectivity index (χ0n) is 7.90. The Morgan fingerprint density at radius 3 is 3.06 bits per heavy atom. The lowest BCUT2D eigenvalue weighted by molar-refractivity contribution is -0.133. The number of aromatic nitrogens is 4. The molecule has 0 amide bonds. The summed E-state index contributed by atoms with van der Waals surface area (Å²) in [5.74, 6) is 5.20. The maximum absolute atomic E-state index is 10.4. The highest BCUT2D eigenvalue weighted by Crippen LogP contribution is 2.23. The van der Waals surface area contributed by atoms with Crippen LogP contribution in [0.2, 0.25) is 0 Å². The predicted molar refractivity (Wildman–Crippen MR) is 59.6 cm³/mol. The van der Waals surface area contributed by atoms with Crippen molar-refractivity contribution in [3.8, 4) is 10.7 Å². The molecular weight excluding hydrogens is 250 g/mol. The normalized spacial score (nSPS) is 10.5. The number of carbonyl (C=O) groups is 1. The van der Waals surface area contributed by atoms with Crippen LogP contribution >= 0.6 is 23.1 Å². The molecule has 0 saturated carbocycles. The number of carboxylic acids is 1. The van der Waals surface area contributed by atoms with Crippen molar-refractivity contribution in [3.63, 3.8) is 0 Å². The Bertz CT molecular complexity index is 495. The van der Waals surface area contributed by atoms with Crippen LogP contribution in [-0.2, 0) is 4.79 Å². The Balaban J connectivity index is 2.21. The van der Waals surface area contributed by atoms with E-state index in [0.717, 1.165) is 16.6 Å². The lowest BCUT2D eigenvalue weighted by Crippen LogP contribution is -2.12. The van der Waals surface area contributed by atoms with E-state index >= 15 is 0 Å². The molecule has 7 nitrogen and oxygen atoms in total. The van der Waals surface area contributed by atoms with Crippen molar-refractivity contribution in [2.75, 3.05) is 11.6 Å². The largest absolute Gasteiger partial charge is 0.481 e. The first-order chi connectivity index (χ1) is 7.68. The second kappa shape index (κ2) is 4.49. The Kier molecular flexibility index (Phi) is 3.06. The summed E-state index contributed by atoms with van der Waals surface area (Å²) in [4.78, 5) is 15.1. The summed E-state index contributed by atoms with van der Waals surface area (Å²) in [6.07, 6.45) is 1.63. The number of carboxylic acid groups (broad SMARTS) is 1. The molecule has 0 atom stereocenters. The van der Waals surface area contributed by atoms with Crippen molar-refractivity contribution in [1.29, 1.82) is 0 Å². The minimum Gasteiger partial charge on any atom is -0.481 e. The fraction of sp³-hybridized carbons (Fsp3) is 0.143.